The molecule has 1 aromatic heterocycles. The lowest BCUT2D eigenvalue weighted by Crippen LogP contribution is -2.31. The number of nitrogens with one attached hydrogen (secondary N) is 2. The average molecular weight is 419 g/mol. The molecule has 2 N–H and O–H groups in total. The Bertz CT molecular complexity index is 1080. The van der Waals surface area contributed by atoms with Crippen molar-refractivity contribution in [3.63, 3.8) is 0 Å². The molecule has 0 aliphatic carbocycles. The van der Waals surface area contributed by atoms with Crippen LogP contribution in [0.15, 0.2) is 60.9 Å². The summed E-state index contributed by atoms with van der Waals surface area (Å²) in [5.74, 6) is 0.361. The van der Waals surface area contributed by atoms with E-state index in [-0.39, 0.29) is 5.91 Å². The molecule has 0 saturated heterocycles. The Hall–Kier alpha value is -2.84. The predicted molar refractivity (Wildman–Crippen MR) is 109 cm³/mol. The summed E-state index contributed by atoms with van der Waals surface area (Å²) in [5.41, 5.74) is 1.62. The van der Waals surface area contributed by atoms with Gasteiger partial charge in [-0.1, -0.05) is 23.7 Å². The number of amides is 1. The predicted octanol–water partition coefficient (Wildman–Crippen LogP) is 2.96. The summed E-state index contributed by atoms with van der Waals surface area (Å²) in [5, 5.41) is 3.58. The van der Waals surface area contributed by atoms with Crippen LogP contribution < -0.4 is 10.0 Å². The summed E-state index contributed by atoms with van der Waals surface area (Å²) in [7, 11) is -1.53. The molecule has 9 heteroatoms. The molecule has 1 unspecified atom stereocenters. The minimum atomic E-state index is -3.38. The maximum absolute atomic E-state index is 12.8. The van der Waals surface area contributed by atoms with Crippen LogP contribution in [-0.4, -0.2) is 30.1 Å². The summed E-state index contributed by atoms with van der Waals surface area (Å²) < 4.78 is 26.8. The van der Waals surface area contributed by atoms with Crippen molar-refractivity contribution in [1.29, 1.82) is 0 Å². The van der Waals surface area contributed by atoms with Crippen molar-refractivity contribution in [1.82, 2.24) is 14.9 Å². The number of aryl methyl sites for hydroxylation is 1. The smallest absolute Gasteiger partial charge is 0.252 e. The van der Waals surface area contributed by atoms with Gasteiger partial charge < -0.3 is 9.88 Å². The largest absolute Gasteiger partial charge is 0.338 e. The number of carbonyl (C=O) groups is 1. The second-order valence-electron chi connectivity index (χ2n) is 6.31. The third kappa shape index (κ3) is 4.90. The number of hydrogen-bond acceptors (Lipinski definition) is 4. The van der Waals surface area contributed by atoms with Crippen molar-refractivity contribution in [3.05, 3.63) is 82.9 Å². The fourth-order valence-corrected chi connectivity index (χ4v) is 3.42. The van der Waals surface area contributed by atoms with Gasteiger partial charge in [0.15, 0.2) is 0 Å². The number of halogens is 1. The minimum Gasteiger partial charge on any atom is -0.338 e. The first-order chi connectivity index (χ1) is 13.2. The van der Waals surface area contributed by atoms with Gasteiger partial charge in [0.2, 0.25) is 10.0 Å². The van der Waals surface area contributed by atoms with E-state index < -0.39 is 16.1 Å². The van der Waals surface area contributed by atoms with Crippen LogP contribution in [0.5, 0.6) is 0 Å². The van der Waals surface area contributed by atoms with Crippen molar-refractivity contribution in [2.45, 2.75) is 6.04 Å². The van der Waals surface area contributed by atoms with Gasteiger partial charge in [0, 0.05) is 35.7 Å². The first-order valence-electron chi connectivity index (χ1n) is 8.34. The summed E-state index contributed by atoms with van der Waals surface area (Å²) in [6, 6.07) is 12.9. The highest BCUT2D eigenvalue weighted by Gasteiger charge is 2.21. The number of imidazole rings is 1. The van der Waals surface area contributed by atoms with Gasteiger partial charge in [0.05, 0.1) is 6.26 Å². The second-order valence-corrected chi connectivity index (χ2v) is 8.49. The lowest BCUT2D eigenvalue weighted by Gasteiger charge is -2.19. The van der Waals surface area contributed by atoms with Gasteiger partial charge >= 0.3 is 0 Å². The maximum atomic E-state index is 12.8. The number of carbonyl (C=O) groups excluding carboxylic acids is 1. The average Bonchev–Trinajstić information content (AvgIpc) is 3.05. The molecule has 1 atom stereocenters. The molecule has 1 amide bonds. The van der Waals surface area contributed by atoms with Crippen molar-refractivity contribution >= 4 is 33.2 Å². The van der Waals surface area contributed by atoms with Gasteiger partial charge in [-0.3, -0.25) is 9.52 Å². The minimum absolute atomic E-state index is 0.311. The first-order valence-corrected chi connectivity index (χ1v) is 10.6. The van der Waals surface area contributed by atoms with Crippen LogP contribution in [0.4, 0.5) is 5.69 Å². The van der Waals surface area contributed by atoms with E-state index in [0.29, 0.717) is 22.1 Å². The SMILES string of the molecule is Cn1ccnc1C(NC(=O)c1ccc(NS(C)(=O)=O)cc1)c1ccc(Cl)cc1. The van der Waals surface area contributed by atoms with Crippen LogP contribution in [-0.2, 0) is 17.1 Å². The maximum Gasteiger partial charge on any atom is 0.252 e. The number of aromatic nitrogens is 2. The number of rotatable bonds is 6. The molecular formula is C19H19ClN4O3S. The van der Waals surface area contributed by atoms with Crippen LogP contribution in [0.2, 0.25) is 5.02 Å². The molecule has 0 bridgehead atoms. The third-order valence-corrected chi connectivity index (χ3v) is 4.90. The molecule has 3 aromatic rings. The highest BCUT2D eigenvalue weighted by Crippen LogP contribution is 2.23. The Labute approximate surface area is 168 Å². The monoisotopic (exact) mass is 418 g/mol. The Balaban J connectivity index is 1.85. The van der Waals surface area contributed by atoms with Crippen molar-refractivity contribution in [2.24, 2.45) is 7.05 Å². The summed E-state index contributed by atoms with van der Waals surface area (Å²) in [6.07, 6.45) is 4.53. The zero-order valence-corrected chi connectivity index (χ0v) is 16.8. The van der Waals surface area contributed by atoms with Crippen molar-refractivity contribution in [2.75, 3.05) is 11.0 Å². The lowest BCUT2D eigenvalue weighted by molar-refractivity contribution is 0.0941. The molecule has 146 valence electrons. The van der Waals surface area contributed by atoms with Crippen LogP contribution in [0.1, 0.15) is 27.8 Å². The fourth-order valence-electron chi connectivity index (χ4n) is 2.73. The molecule has 0 aliphatic heterocycles. The molecule has 0 spiro atoms. The highest BCUT2D eigenvalue weighted by atomic mass is 35.5. The Morgan fingerprint density at radius 3 is 2.29 bits per heavy atom. The zero-order valence-electron chi connectivity index (χ0n) is 15.3. The third-order valence-electron chi connectivity index (χ3n) is 4.05. The number of nitrogens with zero attached hydrogens (tertiary/aromatic N) is 2. The standard InChI is InChI=1S/C19H19ClN4O3S/c1-24-12-11-21-18(24)17(13-3-7-15(20)8-4-13)22-19(25)14-5-9-16(10-6-14)23-28(2,26)27/h3-12,17,23H,1-2H3,(H,22,25). The topological polar surface area (TPSA) is 93.1 Å². The van der Waals surface area contributed by atoms with E-state index in [1.54, 1.807) is 36.7 Å². The normalized spacial score (nSPS) is 12.4. The van der Waals surface area contributed by atoms with E-state index in [2.05, 4.69) is 15.0 Å². The van der Waals surface area contributed by atoms with E-state index in [1.165, 1.54) is 12.1 Å². The van der Waals surface area contributed by atoms with Gasteiger partial charge in [-0.05, 0) is 42.0 Å². The van der Waals surface area contributed by atoms with Gasteiger partial charge in [-0.2, -0.15) is 0 Å². The van der Waals surface area contributed by atoms with E-state index in [9.17, 15) is 13.2 Å². The summed E-state index contributed by atoms with van der Waals surface area (Å²) in [4.78, 5) is 17.1. The fraction of sp³-hybridized carbons (Fsp3) is 0.158. The van der Waals surface area contributed by atoms with Gasteiger partial charge in [-0.25, -0.2) is 13.4 Å². The van der Waals surface area contributed by atoms with Crippen molar-refractivity contribution in [3.8, 4) is 0 Å². The Morgan fingerprint density at radius 1 is 1.11 bits per heavy atom. The van der Waals surface area contributed by atoms with Crippen molar-refractivity contribution < 1.29 is 13.2 Å². The Kier molecular flexibility index (Phi) is 5.71. The number of sulfonamides is 1. The van der Waals surface area contributed by atoms with Crippen LogP contribution in [0.25, 0.3) is 0 Å². The number of anilines is 1. The molecule has 2 aromatic carbocycles. The first kappa shape index (κ1) is 19.9. The van der Waals surface area contributed by atoms with Gasteiger partial charge in [-0.15, -0.1) is 0 Å². The lowest BCUT2D eigenvalue weighted by atomic mass is 10.1. The highest BCUT2D eigenvalue weighted by molar-refractivity contribution is 7.92. The molecule has 0 fully saturated rings. The summed E-state index contributed by atoms with van der Waals surface area (Å²) in [6.45, 7) is 0. The van der Waals surface area contributed by atoms with E-state index in [4.69, 9.17) is 11.6 Å². The summed E-state index contributed by atoms with van der Waals surface area (Å²) >= 11 is 5.98. The van der Waals surface area contributed by atoms with Crippen LogP contribution in [0.3, 0.4) is 0 Å². The molecule has 1 heterocycles. The number of benzene rings is 2. The van der Waals surface area contributed by atoms with E-state index >= 15 is 0 Å². The number of hydrogen-bond donors (Lipinski definition) is 2. The molecule has 0 saturated carbocycles. The van der Waals surface area contributed by atoms with Gasteiger partial charge in [0.1, 0.15) is 11.9 Å². The van der Waals surface area contributed by atoms with E-state index in [0.717, 1.165) is 11.8 Å². The molecule has 28 heavy (non-hydrogen) atoms. The van der Waals surface area contributed by atoms with Gasteiger partial charge in [0.25, 0.3) is 5.91 Å². The van der Waals surface area contributed by atoms with Crippen LogP contribution in [0, 0.1) is 0 Å². The van der Waals surface area contributed by atoms with Crippen LogP contribution >= 0.6 is 11.6 Å². The second kappa shape index (κ2) is 8.04. The molecular weight excluding hydrogens is 400 g/mol. The molecule has 7 nitrogen and oxygen atoms in total. The molecule has 0 radical (unpaired) electrons. The zero-order chi connectivity index (χ0) is 20.3. The van der Waals surface area contributed by atoms with E-state index in [1.807, 2.05) is 23.7 Å². The molecule has 0 aliphatic rings. The molecule has 3 rings (SSSR count). The quantitative estimate of drug-likeness (QED) is 0.643. The Morgan fingerprint density at radius 2 is 1.75 bits per heavy atom.